The Bertz CT molecular complexity index is 826. The zero-order valence-corrected chi connectivity index (χ0v) is 17.1. The predicted octanol–water partition coefficient (Wildman–Crippen LogP) is 3.63. The number of rotatable bonds is 4. The van der Waals surface area contributed by atoms with Crippen molar-refractivity contribution in [1.29, 1.82) is 0 Å². The molecule has 0 bridgehead atoms. The highest BCUT2D eigenvalue weighted by Gasteiger charge is 2.38. The fourth-order valence-electron chi connectivity index (χ4n) is 3.49. The number of benzene rings is 1. The average molecular weight is 450 g/mol. The minimum atomic E-state index is -4.91. The standard InChI is InChI=1S/C20H24F6N4O/c1-18(2)4-6-30(11-14(29-18)10-28-17(31)16-3-5-27-16)15-8-12(19(21,22)23)7-13(9-15)20(24,25)26/h7-9,16,27H,3-6,10-11H2,1-2H3,(H,28,31). The fraction of sp³-hybridized carbons (Fsp3) is 0.600. The second-order valence-corrected chi connectivity index (χ2v) is 8.44. The van der Waals surface area contributed by atoms with E-state index in [1.54, 1.807) is 0 Å². The maximum Gasteiger partial charge on any atom is 0.416 e. The first-order valence-corrected chi connectivity index (χ1v) is 9.88. The summed E-state index contributed by atoms with van der Waals surface area (Å²) in [5, 5.41) is 5.71. The zero-order valence-electron chi connectivity index (χ0n) is 17.1. The lowest BCUT2D eigenvalue weighted by Gasteiger charge is -2.27. The molecular formula is C20H24F6N4O. The van der Waals surface area contributed by atoms with Crippen LogP contribution in [-0.4, -0.2) is 49.4 Å². The van der Waals surface area contributed by atoms with Crippen molar-refractivity contribution in [3.8, 4) is 0 Å². The van der Waals surface area contributed by atoms with Crippen LogP contribution < -0.4 is 15.5 Å². The van der Waals surface area contributed by atoms with E-state index in [1.807, 2.05) is 13.8 Å². The highest BCUT2D eigenvalue weighted by molar-refractivity contribution is 5.95. The van der Waals surface area contributed by atoms with Gasteiger partial charge in [-0.3, -0.25) is 9.79 Å². The summed E-state index contributed by atoms with van der Waals surface area (Å²) in [5.41, 5.74) is -2.98. The van der Waals surface area contributed by atoms with Gasteiger partial charge in [0.05, 0.1) is 41.5 Å². The normalized spacial score (nSPS) is 21.7. The number of hydrogen-bond donors (Lipinski definition) is 2. The first kappa shape index (κ1) is 23.4. The quantitative estimate of drug-likeness (QED) is 0.689. The molecule has 0 aliphatic carbocycles. The number of nitrogens with one attached hydrogen (secondary N) is 2. The van der Waals surface area contributed by atoms with Gasteiger partial charge in [0.2, 0.25) is 5.91 Å². The maximum absolute atomic E-state index is 13.2. The summed E-state index contributed by atoms with van der Waals surface area (Å²) in [4.78, 5) is 18.1. The van der Waals surface area contributed by atoms with Gasteiger partial charge < -0.3 is 15.5 Å². The monoisotopic (exact) mass is 450 g/mol. The number of anilines is 1. The van der Waals surface area contributed by atoms with E-state index >= 15 is 0 Å². The Balaban J connectivity index is 1.87. The third-order valence-electron chi connectivity index (χ3n) is 5.37. The van der Waals surface area contributed by atoms with Crippen LogP contribution in [0.4, 0.5) is 32.0 Å². The van der Waals surface area contributed by atoms with E-state index < -0.39 is 29.0 Å². The lowest BCUT2D eigenvalue weighted by Crippen LogP contribution is -2.54. The van der Waals surface area contributed by atoms with Gasteiger partial charge in [0.25, 0.3) is 0 Å². The van der Waals surface area contributed by atoms with Crippen molar-refractivity contribution in [1.82, 2.24) is 10.6 Å². The van der Waals surface area contributed by atoms with E-state index in [9.17, 15) is 31.1 Å². The number of carbonyl (C=O) groups excluding carboxylic acids is 1. The Labute approximate surface area is 175 Å². The molecular weight excluding hydrogens is 426 g/mol. The van der Waals surface area contributed by atoms with Crippen molar-refractivity contribution >= 4 is 17.3 Å². The van der Waals surface area contributed by atoms with E-state index in [4.69, 9.17) is 0 Å². The van der Waals surface area contributed by atoms with Crippen LogP contribution >= 0.6 is 0 Å². The molecule has 5 nitrogen and oxygen atoms in total. The Morgan fingerprint density at radius 2 is 1.74 bits per heavy atom. The molecule has 1 aromatic rings. The van der Waals surface area contributed by atoms with Gasteiger partial charge in [-0.25, -0.2) is 0 Å². The molecule has 1 aromatic carbocycles. The molecule has 11 heteroatoms. The molecule has 2 heterocycles. The van der Waals surface area contributed by atoms with Gasteiger partial charge in [0.1, 0.15) is 0 Å². The van der Waals surface area contributed by atoms with Crippen molar-refractivity contribution in [3.63, 3.8) is 0 Å². The van der Waals surface area contributed by atoms with Crippen molar-refractivity contribution in [3.05, 3.63) is 29.3 Å². The van der Waals surface area contributed by atoms with Gasteiger partial charge in [-0.2, -0.15) is 26.3 Å². The molecule has 172 valence electrons. The van der Waals surface area contributed by atoms with Crippen LogP contribution in [0.5, 0.6) is 0 Å². The van der Waals surface area contributed by atoms with Crippen LogP contribution in [0.2, 0.25) is 0 Å². The van der Waals surface area contributed by atoms with Gasteiger partial charge >= 0.3 is 12.4 Å². The molecule has 1 unspecified atom stereocenters. The van der Waals surface area contributed by atoms with Gasteiger partial charge in [0, 0.05) is 12.2 Å². The molecule has 31 heavy (non-hydrogen) atoms. The molecule has 2 aliphatic heterocycles. The topological polar surface area (TPSA) is 56.7 Å². The predicted molar refractivity (Wildman–Crippen MR) is 104 cm³/mol. The van der Waals surface area contributed by atoms with Crippen molar-refractivity contribution in [2.24, 2.45) is 4.99 Å². The summed E-state index contributed by atoms with van der Waals surface area (Å²) in [6.07, 6.45) is -8.70. The summed E-state index contributed by atoms with van der Waals surface area (Å²) < 4.78 is 79.5. The molecule has 0 spiro atoms. The van der Waals surface area contributed by atoms with Gasteiger partial charge in [0.15, 0.2) is 0 Å². The Hall–Kier alpha value is -2.30. The van der Waals surface area contributed by atoms with E-state index in [2.05, 4.69) is 15.6 Å². The summed E-state index contributed by atoms with van der Waals surface area (Å²) in [6, 6.07) is 1.28. The first-order chi connectivity index (χ1) is 14.2. The van der Waals surface area contributed by atoms with Crippen LogP contribution in [0, 0.1) is 0 Å². The third kappa shape index (κ3) is 5.90. The first-order valence-electron chi connectivity index (χ1n) is 9.88. The van der Waals surface area contributed by atoms with E-state index in [0.29, 0.717) is 18.6 Å². The zero-order chi connectivity index (χ0) is 23.0. The molecule has 1 fully saturated rings. The fourth-order valence-corrected chi connectivity index (χ4v) is 3.49. The Morgan fingerprint density at radius 1 is 1.16 bits per heavy atom. The number of aliphatic imine (C=N–C) groups is 1. The molecule has 0 saturated carbocycles. The average Bonchev–Trinajstić information content (AvgIpc) is 2.74. The summed E-state index contributed by atoms with van der Waals surface area (Å²) in [6.45, 7) is 4.72. The number of carbonyl (C=O) groups is 1. The van der Waals surface area contributed by atoms with Gasteiger partial charge in [-0.1, -0.05) is 0 Å². The van der Waals surface area contributed by atoms with Crippen molar-refractivity contribution in [2.75, 3.05) is 31.1 Å². The molecule has 1 amide bonds. The minimum Gasteiger partial charge on any atom is -0.366 e. The molecule has 1 saturated heterocycles. The number of alkyl halides is 6. The largest absolute Gasteiger partial charge is 0.416 e. The van der Waals surface area contributed by atoms with Crippen LogP contribution in [0.3, 0.4) is 0 Å². The Kier molecular flexibility index (Phi) is 6.28. The number of amides is 1. The molecule has 1 atom stereocenters. The lowest BCUT2D eigenvalue weighted by molar-refractivity contribution is -0.143. The minimum absolute atomic E-state index is 0.0143. The van der Waals surface area contributed by atoms with Gasteiger partial charge in [-0.05, 0) is 51.4 Å². The molecule has 0 radical (unpaired) electrons. The lowest BCUT2D eigenvalue weighted by atomic mass is 10.0. The van der Waals surface area contributed by atoms with Gasteiger partial charge in [-0.15, -0.1) is 0 Å². The van der Waals surface area contributed by atoms with Crippen LogP contribution in [0.15, 0.2) is 23.2 Å². The highest BCUT2D eigenvalue weighted by atomic mass is 19.4. The molecule has 2 N–H and O–H groups in total. The van der Waals surface area contributed by atoms with E-state index in [0.717, 1.165) is 18.7 Å². The molecule has 0 aromatic heterocycles. The van der Waals surface area contributed by atoms with Crippen molar-refractivity contribution < 1.29 is 31.1 Å². The van der Waals surface area contributed by atoms with Crippen LogP contribution in [-0.2, 0) is 17.1 Å². The third-order valence-corrected chi connectivity index (χ3v) is 5.37. The summed E-state index contributed by atoms with van der Waals surface area (Å²) >= 11 is 0. The number of nitrogens with zero attached hydrogens (tertiary/aromatic N) is 2. The molecule has 3 rings (SSSR count). The van der Waals surface area contributed by atoms with E-state index in [-0.39, 0.29) is 43.3 Å². The van der Waals surface area contributed by atoms with E-state index in [1.165, 1.54) is 4.90 Å². The number of halogens is 6. The highest BCUT2D eigenvalue weighted by Crippen LogP contribution is 2.38. The van der Waals surface area contributed by atoms with Crippen LogP contribution in [0.25, 0.3) is 0 Å². The molecule has 2 aliphatic rings. The van der Waals surface area contributed by atoms with Crippen molar-refractivity contribution in [2.45, 2.75) is 50.6 Å². The SMILES string of the molecule is CC1(C)CCN(c2cc(C(F)(F)F)cc(C(F)(F)F)c2)CC(CNC(=O)C2CCN2)=N1. The second kappa shape index (κ2) is 8.33. The second-order valence-electron chi connectivity index (χ2n) is 8.44. The summed E-state index contributed by atoms with van der Waals surface area (Å²) in [7, 11) is 0. The van der Waals surface area contributed by atoms with Crippen LogP contribution in [0.1, 0.15) is 37.8 Å². The summed E-state index contributed by atoms with van der Waals surface area (Å²) in [5.74, 6) is -0.207. The smallest absolute Gasteiger partial charge is 0.366 e. The number of hydrogen-bond acceptors (Lipinski definition) is 4. The Morgan fingerprint density at radius 3 is 2.23 bits per heavy atom. The maximum atomic E-state index is 13.2.